The van der Waals surface area contributed by atoms with Gasteiger partial charge in [-0.05, 0) is 116 Å². The van der Waals surface area contributed by atoms with Crippen molar-refractivity contribution in [3.63, 3.8) is 0 Å². The molecule has 0 aromatic heterocycles. The molecule has 67 heavy (non-hydrogen) atoms. The van der Waals surface area contributed by atoms with Crippen molar-refractivity contribution >= 4 is 35.6 Å². The highest BCUT2D eigenvalue weighted by Crippen LogP contribution is 2.36. The average molecular weight is 962 g/mol. The lowest BCUT2D eigenvalue weighted by Gasteiger charge is -2.24. The molecule has 0 bridgehead atoms. The topological polar surface area (TPSA) is 182 Å². The number of thioether (sulfide) groups is 1. The number of hydrogen-bond acceptors (Lipinski definition) is 11. The van der Waals surface area contributed by atoms with Crippen LogP contribution in [0.5, 0.6) is 0 Å². The molecule has 0 aromatic rings. The molecule has 5 N–H and O–H groups in total. The Morgan fingerprint density at radius 3 is 2.00 bits per heavy atom. The van der Waals surface area contributed by atoms with Crippen LogP contribution >= 0.6 is 11.8 Å². The van der Waals surface area contributed by atoms with Crippen molar-refractivity contribution in [2.24, 2.45) is 0 Å². The fourth-order valence-electron chi connectivity index (χ4n) is 10.8. The summed E-state index contributed by atoms with van der Waals surface area (Å²) in [5.74, 6) is 0.742. The predicted octanol–water partition coefficient (Wildman–Crippen LogP) is 9.81. The largest absolute Gasteiger partial charge is 0.462 e. The number of carbonyl (C=O) groups is 4. The van der Waals surface area contributed by atoms with E-state index in [-0.39, 0.29) is 72.6 Å². The lowest BCUT2D eigenvalue weighted by molar-refractivity contribution is -0.150. The number of unbranched alkanes of at least 4 members (excludes halogenated alkanes) is 15. The Hall–Kier alpha value is -2.39. The van der Waals surface area contributed by atoms with Crippen LogP contribution in [0.4, 0.5) is 4.79 Å². The maximum Gasteiger partial charge on any atom is 0.334 e. The van der Waals surface area contributed by atoms with Gasteiger partial charge in [0.2, 0.25) is 5.91 Å². The van der Waals surface area contributed by atoms with Crippen molar-refractivity contribution in [1.29, 1.82) is 0 Å². The third-order valence-corrected chi connectivity index (χ3v) is 16.3. The first-order valence-electron chi connectivity index (χ1n) is 27.3. The van der Waals surface area contributed by atoms with Gasteiger partial charge in [-0.3, -0.25) is 9.59 Å². The molecule has 0 spiro atoms. The molecule has 384 valence electrons. The molecule has 3 amide bonds. The highest BCUT2D eigenvalue weighted by molar-refractivity contribution is 8.00. The van der Waals surface area contributed by atoms with E-state index in [9.17, 15) is 29.4 Å². The number of aliphatic hydroxyl groups excluding tert-OH is 2. The summed E-state index contributed by atoms with van der Waals surface area (Å²) in [6.45, 7) is 4.72. The van der Waals surface area contributed by atoms with Gasteiger partial charge in [-0.1, -0.05) is 96.8 Å². The Labute approximate surface area is 407 Å². The Morgan fingerprint density at radius 2 is 1.33 bits per heavy atom. The minimum Gasteiger partial charge on any atom is -0.462 e. The zero-order chi connectivity index (χ0) is 47.6. The first kappa shape index (κ1) is 55.5. The number of aliphatic hydroxyl groups is 2. The number of amides is 3. The molecular weight excluding hydrogens is 871 g/mol. The second-order valence-corrected chi connectivity index (χ2v) is 21.8. The van der Waals surface area contributed by atoms with Gasteiger partial charge in [-0.2, -0.15) is 11.8 Å². The van der Waals surface area contributed by atoms with Crippen molar-refractivity contribution in [2.75, 3.05) is 12.3 Å². The summed E-state index contributed by atoms with van der Waals surface area (Å²) in [6, 6.07) is 0.384. The standard InChI is InChI=1S/C53H91N3O10S/c1-3-4-5-16-24-40(64-50(60)30-18-14-21-35-54-49(59)29-20-19-28-48-51-41(37-67-48)55-53(62)56-51)25-22-27-43(58)45-32-34-47(66-45)46-33-31-44(65-46)42(57)26-17-13-11-9-7-6-8-10-12-15-23-39-36-38(2)63-52(39)61/h36,38,40-48,51,57-58H,3-35,37H2,1-2H3,(H,54,59)(H2,55,56,62)/t38-,40-,41-,42+,43-,44+,45+,46+,47+,48-,51-/m0/s1. The lowest BCUT2D eigenvalue weighted by atomic mass is 9.99. The summed E-state index contributed by atoms with van der Waals surface area (Å²) in [6.07, 6.45) is 30.7. The van der Waals surface area contributed by atoms with Crippen molar-refractivity contribution < 1.29 is 48.3 Å². The SMILES string of the molecule is CCCCCC[C@@H](CCC[C@H](O)[C@H]1CC[C@H]([C@H]2CC[C@H]([C@H](O)CCCCCCCCCCCCC3=C[C@H](C)OC3=O)O2)O1)OC(=O)CCCCCNC(=O)CCCC[C@@H]1SC[C@@H]2NC(=O)N[C@@H]21. The van der Waals surface area contributed by atoms with Gasteiger partial charge in [-0.25, -0.2) is 9.59 Å². The number of hydrogen-bond donors (Lipinski definition) is 5. The second kappa shape index (κ2) is 31.8. The van der Waals surface area contributed by atoms with E-state index >= 15 is 0 Å². The third kappa shape index (κ3) is 20.9. The predicted molar refractivity (Wildman–Crippen MR) is 265 cm³/mol. The fraction of sp³-hybridized carbons (Fsp3) is 0.887. The molecule has 0 saturated carbocycles. The molecule has 0 aromatic carbocycles. The third-order valence-electron chi connectivity index (χ3n) is 14.8. The van der Waals surface area contributed by atoms with Crippen LogP contribution in [-0.2, 0) is 33.3 Å². The maximum absolute atomic E-state index is 12.9. The summed E-state index contributed by atoms with van der Waals surface area (Å²) in [5, 5.41) is 31.5. The van der Waals surface area contributed by atoms with E-state index in [4.69, 9.17) is 18.9 Å². The first-order chi connectivity index (χ1) is 32.6. The summed E-state index contributed by atoms with van der Waals surface area (Å²) < 4.78 is 23.9. The molecule has 11 atom stereocenters. The minimum atomic E-state index is -0.568. The first-order valence-corrected chi connectivity index (χ1v) is 28.4. The van der Waals surface area contributed by atoms with Crippen LogP contribution < -0.4 is 16.0 Å². The number of urea groups is 1. The number of cyclic esters (lactones) is 1. The molecule has 4 saturated heterocycles. The van der Waals surface area contributed by atoms with Crippen molar-refractivity contribution in [1.82, 2.24) is 16.0 Å². The molecule has 5 heterocycles. The van der Waals surface area contributed by atoms with Gasteiger partial charge in [0.15, 0.2) is 0 Å². The van der Waals surface area contributed by atoms with E-state index < -0.39 is 12.2 Å². The van der Waals surface area contributed by atoms with Crippen LogP contribution in [0.15, 0.2) is 11.6 Å². The number of carbonyl (C=O) groups excluding carboxylic acids is 4. The Kier molecular flexibility index (Phi) is 26.3. The van der Waals surface area contributed by atoms with Crippen molar-refractivity contribution in [3.8, 4) is 0 Å². The van der Waals surface area contributed by atoms with E-state index in [1.807, 2.05) is 24.8 Å². The molecule has 0 unspecified atom stereocenters. The minimum absolute atomic E-state index is 0.0320. The zero-order valence-corrected chi connectivity index (χ0v) is 42.4. The van der Waals surface area contributed by atoms with E-state index in [1.54, 1.807) is 0 Å². The summed E-state index contributed by atoms with van der Waals surface area (Å²) in [7, 11) is 0. The van der Waals surface area contributed by atoms with Gasteiger partial charge in [0, 0.05) is 36.0 Å². The Morgan fingerprint density at radius 1 is 0.731 bits per heavy atom. The smallest absolute Gasteiger partial charge is 0.334 e. The molecule has 13 nitrogen and oxygen atoms in total. The van der Waals surface area contributed by atoms with Crippen LogP contribution in [-0.4, -0.2) is 113 Å². The zero-order valence-electron chi connectivity index (χ0n) is 41.5. The maximum atomic E-state index is 12.9. The average Bonchev–Trinajstić information content (AvgIpc) is 4.16. The van der Waals surface area contributed by atoms with E-state index in [1.165, 1.54) is 51.4 Å². The number of nitrogens with one attached hydrogen (secondary N) is 3. The van der Waals surface area contributed by atoms with E-state index in [0.717, 1.165) is 146 Å². The molecule has 4 fully saturated rings. The van der Waals surface area contributed by atoms with E-state index in [0.29, 0.717) is 31.1 Å². The molecule has 0 radical (unpaired) electrons. The molecule has 0 aliphatic carbocycles. The normalized spacial score (nSPS) is 27.0. The van der Waals surface area contributed by atoms with Crippen LogP contribution in [0.3, 0.4) is 0 Å². The Bertz CT molecular complexity index is 1490. The van der Waals surface area contributed by atoms with Crippen molar-refractivity contribution in [2.45, 2.75) is 285 Å². The lowest BCUT2D eigenvalue weighted by Crippen LogP contribution is -2.36. The van der Waals surface area contributed by atoms with Gasteiger partial charge in [0.1, 0.15) is 12.2 Å². The molecule has 14 heteroatoms. The van der Waals surface area contributed by atoms with Crippen LogP contribution in [0, 0.1) is 0 Å². The molecule has 5 rings (SSSR count). The second-order valence-electron chi connectivity index (χ2n) is 20.5. The van der Waals surface area contributed by atoms with E-state index in [2.05, 4.69) is 22.9 Å². The van der Waals surface area contributed by atoms with Crippen molar-refractivity contribution in [3.05, 3.63) is 11.6 Å². The van der Waals surface area contributed by atoms with Gasteiger partial charge >= 0.3 is 18.0 Å². The highest BCUT2D eigenvalue weighted by atomic mass is 32.2. The molecule has 5 aliphatic rings. The van der Waals surface area contributed by atoms with Gasteiger partial charge in [0.05, 0.1) is 48.7 Å². The monoisotopic (exact) mass is 962 g/mol. The number of fused-ring (bicyclic) bond motifs is 1. The molecule has 5 aliphatic heterocycles. The van der Waals surface area contributed by atoms with Gasteiger partial charge < -0.3 is 45.1 Å². The summed E-state index contributed by atoms with van der Waals surface area (Å²) >= 11 is 1.91. The van der Waals surface area contributed by atoms with Crippen LogP contribution in [0.2, 0.25) is 0 Å². The van der Waals surface area contributed by atoms with Gasteiger partial charge in [-0.15, -0.1) is 0 Å². The van der Waals surface area contributed by atoms with Crippen LogP contribution in [0.25, 0.3) is 0 Å². The molecular formula is C53H91N3O10S. The number of rotatable bonds is 37. The number of ether oxygens (including phenoxy) is 4. The number of esters is 2. The van der Waals surface area contributed by atoms with Crippen LogP contribution in [0.1, 0.15) is 219 Å². The summed E-state index contributed by atoms with van der Waals surface area (Å²) in [5.41, 5.74) is 0.853. The Balaban J connectivity index is 0.842. The summed E-state index contributed by atoms with van der Waals surface area (Å²) in [4.78, 5) is 48.6. The van der Waals surface area contributed by atoms with Gasteiger partial charge in [0.25, 0.3) is 0 Å². The quantitative estimate of drug-likeness (QED) is 0.0227. The fourth-order valence-corrected chi connectivity index (χ4v) is 12.3. The highest BCUT2D eigenvalue weighted by Gasteiger charge is 2.43.